The summed E-state index contributed by atoms with van der Waals surface area (Å²) >= 11 is 4.76. The summed E-state index contributed by atoms with van der Waals surface area (Å²) in [4.78, 5) is 35.3. The predicted molar refractivity (Wildman–Crippen MR) is 87.8 cm³/mol. The standard InChI is InChI=1S/C14H19BrN2O4S/c1-8(2)5-10(14(20)21)17-13(19)7-16-12(18)6-9-3-4-11(15)22-9/h3-4,8,10H,5-7H2,1-2H3,(H,16,18)(H,17,19)(H,20,21)/t10-/m0/s1. The molecule has 8 heteroatoms. The van der Waals surface area contributed by atoms with Gasteiger partial charge in [0.05, 0.1) is 16.8 Å². The van der Waals surface area contributed by atoms with Crippen molar-refractivity contribution in [2.45, 2.75) is 32.7 Å². The van der Waals surface area contributed by atoms with E-state index in [1.807, 2.05) is 26.0 Å². The van der Waals surface area contributed by atoms with Gasteiger partial charge in [0, 0.05) is 4.88 Å². The molecule has 0 spiro atoms. The van der Waals surface area contributed by atoms with Crippen LogP contribution in [0.4, 0.5) is 0 Å². The van der Waals surface area contributed by atoms with Crippen LogP contribution in [0.15, 0.2) is 15.9 Å². The van der Waals surface area contributed by atoms with Crippen LogP contribution in [0, 0.1) is 5.92 Å². The number of hydrogen-bond donors (Lipinski definition) is 3. The molecule has 22 heavy (non-hydrogen) atoms. The van der Waals surface area contributed by atoms with Gasteiger partial charge in [0.15, 0.2) is 0 Å². The summed E-state index contributed by atoms with van der Waals surface area (Å²) in [6.45, 7) is 3.53. The van der Waals surface area contributed by atoms with Crippen molar-refractivity contribution in [2.75, 3.05) is 6.54 Å². The maximum absolute atomic E-state index is 11.7. The summed E-state index contributed by atoms with van der Waals surface area (Å²) in [5.74, 6) is -1.71. The number of carbonyl (C=O) groups is 3. The monoisotopic (exact) mass is 390 g/mol. The molecule has 0 saturated heterocycles. The largest absolute Gasteiger partial charge is 0.480 e. The maximum Gasteiger partial charge on any atom is 0.326 e. The second-order valence-electron chi connectivity index (χ2n) is 5.25. The van der Waals surface area contributed by atoms with Gasteiger partial charge < -0.3 is 15.7 Å². The number of amides is 2. The first kappa shape index (κ1) is 18.6. The number of nitrogens with one attached hydrogen (secondary N) is 2. The van der Waals surface area contributed by atoms with E-state index in [-0.39, 0.29) is 24.8 Å². The molecule has 1 aromatic heterocycles. The second-order valence-corrected chi connectivity index (χ2v) is 7.79. The summed E-state index contributed by atoms with van der Waals surface area (Å²) in [6.07, 6.45) is 0.538. The highest BCUT2D eigenvalue weighted by Gasteiger charge is 2.21. The van der Waals surface area contributed by atoms with Gasteiger partial charge >= 0.3 is 5.97 Å². The van der Waals surface area contributed by atoms with Crippen LogP contribution in [0.25, 0.3) is 0 Å². The lowest BCUT2D eigenvalue weighted by Crippen LogP contribution is -2.46. The van der Waals surface area contributed by atoms with Gasteiger partial charge in [-0.25, -0.2) is 4.79 Å². The number of carboxylic acid groups (broad SMARTS) is 1. The minimum absolute atomic E-state index is 0.147. The van der Waals surface area contributed by atoms with Crippen LogP contribution in [0.3, 0.4) is 0 Å². The Morgan fingerprint density at radius 2 is 1.95 bits per heavy atom. The molecule has 1 aromatic rings. The molecule has 0 aliphatic heterocycles. The number of aliphatic carboxylic acids is 1. The van der Waals surface area contributed by atoms with Gasteiger partial charge in [-0.05, 0) is 40.4 Å². The maximum atomic E-state index is 11.7. The molecular formula is C14H19BrN2O4S. The van der Waals surface area contributed by atoms with E-state index in [9.17, 15) is 14.4 Å². The predicted octanol–water partition coefficient (Wildman–Crippen LogP) is 1.78. The Labute approximate surface area is 141 Å². The van der Waals surface area contributed by atoms with Crippen molar-refractivity contribution in [2.24, 2.45) is 5.92 Å². The molecule has 0 aliphatic carbocycles. The first-order valence-corrected chi connectivity index (χ1v) is 8.42. The zero-order chi connectivity index (χ0) is 16.7. The minimum atomic E-state index is -1.07. The summed E-state index contributed by atoms with van der Waals surface area (Å²) in [5.41, 5.74) is 0. The zero-order valence-electron chi connectivity index (χ0n) is 12.4. The van der Waals surface area contributed by atoms with Crippen LogP contribution >= 0.6 is 27.3 Å². The highest BCUT2D eigenvalue weighted by atomic mass is 79.9. The molecule has 0 bridgehead atoms. The molecule has 2 amide bonds. The van der Waals surface area contributed by atoms with Crippen molar-refractivity contribution in [3.63, 3.8) is 0 Å². The van der Waals surface area contributed by atoms with E-state index in [0.29, 0.717) is 6.42 Å². The van der Waals surface area contributed by atoms with E-state index in [0.717, 1.165) is 8.66 Å². The molecule has 0 aromatic carbocycles. The molecular weight excluding hydrogens is 372 g/mol. The van der Waals surface area contributed by atoms with E-state index in [1.165, 1.54) is 11.3 Å². The average molecular weight is 391 g/mol. The van der Waals surface area contributed by atoms with Gasteiger partial charge in [-0.2, -0.15) is 0 Å². The van der Waals surface area contributed by atoms with Crippen LogP contribution in [0.1, 0.15) is 25.1 Å². The van der Waals surface area contributed by atoms with Gasteiger partial charge in [0.1, 0.15) is 6.04 Å². The fourth-order valence-electron chi connectivity index (χ4n) is 1.78. The quantitative estimate of drug-likeness (QED) is 0.630. The molecule has 0 unspecified atom stereocenters. The number of hydrogen-bond acceptors (Lipinski definition) is 4. The summed E-state index contributed by atoms with van der Waals surface area (Å²) < 4.78 is 0.936. The van der Waals surface area contributed by atoms with Gasteiger partial charge in [0.2, 0.25) is 11.8 Å². The van der Waals surface area contributed by atoms with Crippen molar-refractivity contribution >= 4 is 45.1 Å². The number of rotatable bonds is 8. The fraction of sp³-hybridized carbons (Fsp3) is 0.500. The molecule has 1 heterocycles. The van der Waals surface area contributed by atoms with Crippen LogP contribution in [0.2, 0.25) is 0 Å². The third-order valence-corrected chi connectivity index (χ3v) is 4.37. The smallest absolute Gasteiger partial charge is 0.326 e. The van der Waals surface area contributed by atoms with Crippen molar-refractivity contribution < 1.29 is 19.5 Å². The Morgan fingerprint density at radius 3 is 2.45 bits per heavy atom. The van der Waals surface area contributed by atoms with Gasteiger partial charge in [-0.1, -0.05) is 13.8 Å². The molecule has 122 valence electrons. The van der Waals surface area contributed by atoms with Crippen LogP contribution in [0.5, 0.6) is 0 Å². The molecule has 1 atom stereocenters. The summed E-state index contributed by atoms with van der Waals surface area (Å²) in [5, 5.41) is 13.9. The van der Waals surface area contributed by atoms with Gasteiger partial charge in [-0.15, -0.1) is 11.3 Å². The van der Waals surface area contributed by atoms with Crippen molar-refractivity contribution in [3.05, 3.63) is 20.8 Å². The van der Waals surface area contributed by atoms with E-state index < -0.39 is 17.9 Å². The van der Waals surface area contributed by atoms with E-state index in [4.69, 9.17) is 5.11 Å². The van der Waals surface area contributed by atoms with E-state index in [1.54, 1.807) is 0 Å². The van der Waals surface area contributed by atoms with Crippen molar-refractivity contribution in [1.82, 2.24) is 10.6 Å². The van der Waals surface area contributed by atoms with Crippen molar-refractivity contribution in [1.29, 1.82) is 0 Å². The minimum Gasteiger partial charge on any atom is -0.480 e. The first-order chi connectivity index (χ1) is 10.3. The second kappa shape index (κ2) is 8.89. The van der Waals surface area contributed by atoms with Crippen LogP contribution in [-0.2, 0) is 20.8 Å². The third kappa shape index (κ3) is 7.04. The SMILES string of the molecule is CC(C)C[C@H](NC(=O)CNC(=O)Cc1ccc(Br)s1)C(=O)O. The Morgan fingerprint density at radius 1 is 1.27 bits per heavy atom. The Balaban J connectivity index is 2.38. The molecule has 0 fully saturated rings. The number of carboxylic acids is 1. The first-order valence-electron chi connectivity index (χ1n) is 6.81. The lowest BCUT2D eigenvalue weighted by atomic mass is 10.0. The van der Waals surface area contributed by atoms with Crippen LogP contribution < -0.4 is 10.6 Å². The normalized spacial score (nSPS) is 12.0. The Kier molecular flexibility index (Phi) is 7.53. The molecule has 3 N–H and O–H groups in total. The summed E-state index contributed by atoms with van der Waals surface area (Å²) in [6, 6.07) is 2.75. The lowest BCUT2D eigenvalue weighted by Gasteiger charge is -2.16. The molecule has 6 nitrogen and oxygen atoms in total. The zero-order valence-corrected chi connectivity index (χ0v) is 14.8. The molecule has 0 aliphatic rings. The Bertz CT molecular complexity index is 545. The van der Waals surface area contributed by atoms with Gasteiger partial charge in [-0.3, -0.25) is 9.59 Å². The highest BCUT2D eigenvalue weighted by Crippen LogP contribution is 2.22. The van der Waals surface area contributed by atoms with E-state index in [2.05, 4.69) is 26.6 Å². The molecule has 1 rings (SSSR count). The third-order valence-electron chi connectivity index (χ3n) is 2.75. The molecule has 0 radical (unpaired) electrons. The van der Waals surface area contributed by atoms with E-state index >= 15 is 0 Å². The topological polar surface area (TPSA) is 95.5 Å². The average Bonchev–Trinajstić information content (AvgIpc) is 2.80. The highest BCUT2D eigenvalue weighted by molar-refractivity contribution is 9.11. The Hall–Kier alpha value is -1.41. The fourth-order valence-corrected chi connectivity index (χ4v) is 3.27. The summed E-state index contributed by atoms with van der Waals surface area (Å²) in [7, 11) is 0. The number of carbonyl (C=O) groups excluding carboxylic acids is 2. The molecule has 0 saturated carbocycles. The van der Waals surface area contributed by atoms with Crippen molar-refractivity contribution in [3.8, 4) is 0 Å². The van der Waals surface area contributed by atoms with Crippen LogP contribution in [-0.4, -0.2) is 35.5 Å². The lowest BCUT2D eigenvalue weighted by molar-refractivity contribution is -0.142. The van der Waals surface area contributed by atoms with Gasteiger partial charge in [0.25, 0.3) is 0 Å². The number of thiophene rings is 1. The number of halogens is 1.